The summed E-state index contributed by atoms with van der Waals surface area (Å²) in [5.74, 6) is 0. The first-order chi connectivity index (χ1) is 8.65. The van der Waals surface area contributed by atoms with Gasteiger partial charge >= 0.3 is 0 Å². The van der Waals surface area contributed by atoms with Crippen molar-refractivity contribution in [3.05, 3.63) is 17.5 Å². The molecule has 0 saturated carbocycles. The Morgan fingerprint density at radius 2 is 2.28 bits per heavy atom. The molecule has 18 heavy (non-hydrogen) atoms. The molecule has 0 bridgehead atoms. The second-order valence-electron chi connectivity index (χ2n) is 5.35. The van der Waals surface area contributed by atoms with Crippen LogP contribution in [0.1, 0.15) is 37.6 Å². The van der Waals surface area contributed by atoms with Crippen molar-refractivity contribution < 1.29 is 4.74 Å². The zero-order chi connectivity index (χ0) is 13.0. The van der Waals surface area contributed by atoms with E-state index >= 15 is 0 Å². The minimum absolute atomic E-state index is 0.425. The maximum atomic E-state index is 5.77. The first-order valence-corrected chi connectivity index (χ1v) is 7.02. The first-order valence-electron chi connectivity index (χ1n) is 7.02. The van der Waals surface area contributed by atoms with Gasteiger partial charge in [0.05, 0.1) is 17.9 Å². The molecule has 1 fully saturated rings. The molecule has 0 amide bonds. The van der Waals surface area contributed by atoms with Crippen molar-refractivity contribution in [3.8, 4) is 0 Å². The fourth-order valence-corrected chi connectivity index (χ4v) is 2.55. The maximum absolute atomic E-state index is 5.77. The number of nitrogens with one attached hydrogen (secondary N) is 1. The van der Waals surface area contributed by atoms with Crippen LogP contribution >= 0.6 is 0 Å². The van der Waals surface area contributed by atoms with E-state index in [2.05, 4.69) is 35.0 Å². The summed E-state index contributed by atoms with van der Waals surface area (Å²) in [6.07, 6.45) is 4.40. The van der Waals surface area contributed by atoms with Gasteiger partial charge in [0.25, 0.3) is 0 Å². The minimum Gasteiger partial charge on any atom is -0.374 e. The number of hydrogen-bond acceptors (Lipinski definition) is 3. The molecule has 1 aliphatic rings. The monoisotopic (exact) mass is 251 g/mol. The van der Waals surface area contributed by atoms with Gasteiger partial charge in [-0.15, -0.1) is 0 Å². The van der Waals surface area contributed by atoms with Gasteiger partial charge in [-0.2, -0.15) is 5.10 Å². The van der Waals surface area contributed by atoms with E-state index < -0.39 is 0 Å². The van der Waals surface area contributed by atoms with Gasteiger partial charge in [-0.25, -0.2) is 0 Å². The standard InChI is InChI=1S/C14H25N3O/c1-11-9-12(2)17(16-11)8-4-7-15-10-14-6-5-13(3)18-14/h9,13-15H,4-8,10H2,1-3H3. The van der Waals surface area contributed by atoms with Crippen LogP contribution in [0.15, 0.2) is 6.07 Å². The molecule has 1 aliphatic heterocycles. The molecule has 4 nitrogen and oxygen atoms in total. The molecule has 0 aromatic carbocycles. The van der Waals surface area contributed by atoms with Crippen molar-refractivity contribution in [1.82, 2.24) is 15.1 Å². The highest BCUT2D eigenvalue weighted by atomic mass is 16.5. The van der Waals surface area contributed by atoms with E-state index in [-0.39, 0.29) is 0 Å². The van der Waals surface area contributed by atoms with E-state index in [4.69, 9.17) is 4.74 Å². The van der Waals surface area contributed by atoms with Crippen LogP contribution in [0.4, 0.5) is 0 Å². The van der Waals surface area contributed by atoms with E-state index in [1.807, 2.05) is 6.92 Å². The summed E-state index contributed by atoms with van der Waals surface area (Å²) in [7, 11) is 0. The third kappa shape index (κ3) is 3.82. The molecule has 1 aromatic heterocycles. The number of hydrogen-bond donors (Lipinski definition) is 1. The van der Waals surface area contributed by atoms with Crippen LogP contribution in [0.2, 0.25) is 0 Å². The second-order valence-corrected chi connectivity index (χ2v) is 5.35. The lowest BCUT2D eigenvalue weighted by molar-refractivity contribution is 0.0561. The summed E-state index contributed by atoms with van der Waals surface area (Å²) in [5, 5.41) is 7.94. The van der Waals surface area contributed by atoms with Gasteiger partial charge in [-0.3, -0.25) is 4.68 Å². The number of nitrogens with zero attached hydrogens (tertiary/aromatic N) is 2. The number of ether oxygens (including phenoxy) is 1. The minimum atomic E-state index is 0.425. The Balaban J connectivity index is 1.57. The van der Waals surface area contributed by atoms with Crippen LogP contribution in [0.3, 0.4) is 0 Å². The number of rotatable bonds is 6. The molecule has 2 heterocycles. The van der Waals surface area contributed by atoms with Crippen LogP contribution in [-0.4, -0.2) is 35.1 Å². The molecule has 4 heteroatoms. The summed E-state index contributed by atoms with van der Waals surface area (Å²) in [4.78, 5) is 0. The molecule has 2 rings (SSSR count). The van der Waals surface area contributed by atoms with E-state index in [9.17, 15) is 0 Å². The predicted octanol–water partition coefficient (Wildman–Crippen LogP) is 2.05. The lowest BCUT2D eigenvalue weighted by Gasteiger charge is -2.12. The molecular formula is C14H25N3O. The maximum Gasteiger partial charge on any atom is 0.0704 e. The number of aryl methyl sites for hydroxylation is 3. The van der Waals surface area contributed by atoms with Gasteiger partial charge in [0, 0.05) is 18.8 Å². The SMILES string of the molecule is Cc1cc(C)n(CCCNCC2CCC(C)O2)n1. The first kappa shape index (κ1) is 13.6. The van der Waals surface area contributed by atoms with Crippen molar-refractivity contribution in [2.75, 3.05) is 13.1 Å². The molecule has 1 saturated heterocycles. The molecule has 2 unspecified atom stereocenters. The molecule has 0 aliphatic carbocycles. The van der Waals surface area contributed by atoms with E-state index in [0.717, 1.165) is 31.7 Å². The lowest BCUT2D eigenvalue weighted by atomic mass is 10.2. The van der Waals surface area contributed by atoms with Crippen molar-refractivity contribution >= 4 is 0 Å². The largest absolute Gasteiger partial charge is 0.374 e. The van der Waals surface area contributed by atoms with E-state index in [1.54, 1.807) is 0 Å². The Labute approximate surface area is 110 Å². The summed E-state index contributed by atoms with van der Waals surface area (Å²) in [6, 6.07) is 2.13. The second kappa shape index (κ2) is 6.34. The zero-order valence-electron chi connectivity index (χ0n) is 11.8. The topological polar surface area (TPSA) is 39.1 Å². The van der Waals surface area contributed by atoms with Crippen molar-refractivity contribution in [1.29, 1.82) is 0 Å². The van der Waals surface area contributed by atoms with Crippen LogP contribution in [0, 0.1) is 13.8 Å². The van der Waals surface area contributed by atoms with Gasteiger partial charge in [-0.05, 0) is 52.6 Å². The van der Waals surface area contributed by atoms with Crippen LogP contribution in [-0.2, 0) is 11.3 Å². The van der Waals surface area contributed by atoms with Crippen LogP contribution in [0.5, 0.6) is 0 Å². The third-order valence-electron chi connectivity index (χ3n) is 3.52. The quantitative estimate of drug-likeness (QED) is 0.787. The molecule has 1 N–H and O–H groups in total. The summed E-state index contributed by atoms with van der Waals surface area (Å²) in [6.45, 7) is 9.33. The number of aromatic nitrogens is 2. The van der Waals surface area contributed by atoms with Gasteiger partial charge in [-0.1, -0.05) is 0 Å². The third-order valence-corrected chi connectivity index (χ3v) is 3.52. The highest BCUT2D eigenvalue weighted by Crippen LogP contribution is 2.17. The van der Waals surface area contributed by atoms with Gasteiger partial charge in [0.2, 0.25) is 0 Å². The van der Waals surface area contributed by atoms with Crippen molar-refractivity contribution in [2.45, 2.75) is 58.8 Å². The molecule has 1 aromatic rings. The molecule has 2 atom stereocenters. The van der Waals surface area contributed by atoms with Gasteiger partial charge < -0.3 is 10.1 Å². The fourth-order valence-electron chi connectivity index (χ4n) is 2.55. The van der Waals surface area contributed by atoms with Crippen molar-refractivity contribution in [3.63, 3.8) is 0 Å². The Hall–Kier alpha value is -0.870. The van der Waals surface area contributed by atoms with Gasteiger partial charge in [0.15, 0.2) is 0 Å². The average Bonchev–Trinajstić information content (AvgIpc) is 2.85. The highest BCUT2D eigenvalue weighted by molar-refractivity contribution is 5.06. The fraction of sp³-hybridized carbons (Fsp3) is 0.786. The van der Waals surface area contributed by atoms with E-state index in [0.29, 0.717) is 12.2 Å². The average molecular weight is 251 g/mol. The summed E-state index contributed by atoms with van der Waals surface area (Å²) in [5.41, 5.74) is 2.36. The Morgan fingerprint density at radius 3 is 2.89 bits per heavy atom. The highest BCUT2D eigenvalue weighted by Gasteiger charge is 2.20. The van der Waals surface area contributed by atoms with Crippen LogP contribution < -0.4 is 5.32 Å². The smallest absolute Gasteiger partial charge is 0.0704 e. The normalized spacial score (nSPS) is 23.7. The molecule has 0 spiro atoms. The summed E-state index contributed by atoms with van der Waals surface area (Å²) >= 11 is 0. The predicted molar refractivity (Wildman–Crippen MR) is 72.8 cm³/mol. The Bertz CT molecular complexity index is 375. The summed E-state index contributed by atoms with van der Waals surface area (Å²) < 4.78 is 7.86. The van der Waals surface area contributed by atoms with E-state index in [1.165, 1.54) is 18.5 Å². The molecule has 0 radical (unpaired) electrons. The molecule has 102 valence electrons. The molecular weight excluding hydrogens is 226 g/mol. The Kier molecular flexibility index (Phi) is 4.78. The van der Waals surface area contributed by atoms with Crippen molar-refractivity contribution in [2.24, 2.45) is 0 Å². The zero-order valence-corrected chi connectivity index (χ0v) is 11.8. The lowest BCUT2D eigenvalue weighted by Crippen LogP contribution is -2.28. The van der Waals surface area contributed by atoms with Gasteiger partial charge in [0.1, 0.15) is 0 Å². The van der Waals surface area contributed by atoms with Crippen LogP contribution in [0.25, 0.3) is 0 Å². The Morgan fingerprint density at radius 1 is 1.44 bits per heavy atom.